The minimum Gasteiger partial charge on any atom is -0.444 e. The quantitative estimate of drug-likeness (QED) is 0.477. The van der Waals surface area contributed by atoms with Crippen molar-refractivity contribution in [3.8, 4) is 0 Å². The molecule has 0 heterocycles. The van der Waals surface area contributed by atoms with E-state index in [1.54, 1.807) is 25.7 Å². The van der Waals surface area contributed by atoms with Gasteiger partial charge in [-0.3, -0.25) is 14.4 Å². The Morgan fingerprint density at radius 1 is 1.08 bits per heavy atom. The summed E-state index contributed by atoms with van der Waals surface area (Å²) in [5, 5.41) is 5.62. The van der Waals surface area contributed by atoms with E-state index in [0.29, 0.717) is 5.56 Å². The van der Waals surface area contributed by atoms with Crippen LogP contribution in [-0.2, 0) is 19.1 Å². The van der Waals surface area contributed by atoms with E-state index in [1.807, 2.05) is 58.9 Å². The summed E-state index contributed by atoms with van der Waals surface area (Å²) in [6.07, 6.45) is -0.165. The van der Waals surface area contributed by atoms with E-state index in [4.69, 9.17) is 10.5 Å². The summed E-state index contributed by atoms with van der Waals surface area (Å²) in [5.41, 5.74) is 5.75. The van der Waals surface area contributed by atoms with Gasteiger partial charge in [0, 0.05) is 18.0 Å². The van der Waals surface area contributed by atoms with Crippen molar-refractivity contribution in [3.63, 3.8) is 0 Å². The second-order valence-corrected chi connectivity index (χ2v) is 11.8. The zero-order valence-corrected chi connectivity index (χ0v) is 22.8. The third-order valence-electron chi connectivity index (χ3n) is 5.77. The molecule has 0 spiro atoms. The minimum atomic E-state index is -1.09. The number of benzene rings is 1. The summed E-state index contributed by atoms with van der Waals surface area (Å²) in [5.74, 6) is -1.18. The van der Waals surface area contributed by atoms with Crippen LogP contribution < -0.4 is 16.4 Å². The van der Waals surface area contributed by atoms with Gasteiger partial charge in [0.25, 0.3) is 0 Å². The molecule has 0 aromatic heterocycles. The average Bonchev–Trinajstić information content (AvgIpc) is 3.42. The molecular weight excluding hydrogens is 460 g/mol. The Morgan fingerprint density at radius 3 is 2.08 bits per heavy atom. The van der Waals surface area contributed by atoms with E-state index < -0.39 is 41.1 Å². The first-order valence-corrected chi connectivity index (χ1v) is 12.5. The molecule has 0 saturated heterocycles. The predicted octanol–water partition coefficient (Wildman–Crippen LogP) is 3.35. The third-order valence-corrected chi connectivity index (χ3v) is 5.77. The molecular formula is C27H42N4O5. The number of nitrogens with zero attached hydrogens (tertiary/aromatic N) is 1. The molecule has 2 rings (SSSR count). The highest BCUT2D eigenvalue weighted by molar-refractivity contribution is 5.93. The van der Waals surface area contributed by atoms with Gasteiger partial charge in [-0.2, -0.15) is 0 Å². The number of rotatable bonds is 9. The predicted molar refractivity (Wildman–Crippen MR) is 138 cm³/mol. The molecule has 1 saturated carbocycles. The van der Waals surface area contributed by atoms with Crippen LogP contribution in [0.3, 0.4) is 0 Å². The number of nitrogens with two attached hydrogens (primary N) is 1. The van der Waals surface area contributed by atoms with E-state index >= 15 is 0 Å². The van der Waals surface area contributed by atoms with Gasteiger partial charge in [-0.05, 0) is 72.8 Å². The van der Waals surface area contributed by atoms with Gasteiger partial charge in [0.2, 0.25) is 17.7 Å². The van der Waals surface area contributed by atoms with Gasteiger partial charge in [-0.15, -0.1) is 0 Å². The van der Waals surface area contributed by atoms with Gasteiger partial charge in [-0.1, -0.05) is 36.8 Å². The zero-order valence-electron chi connectivity index (χ0n) is 22.8. The maximum atomic E-state index is 14.1. The van der Waals surface area contributed by atoms with Crippen LogP contribution in [0.1, 0.15) is 84.9 Å². The van der Waals surface area contributed by atoms with Gasteiger partial charge in [0.05, 0.1) is 0 Å². The number of primary amides is 1. The van der Waals surface area contributed by atoms with Crippen LogP contribution in [-0.4, -0.2) is 51.9 Å². The van der Waals surface area contributed by atoms with Crippen LogP contribution in [0.25, 0.3) is 0 Å². The summed E-state index contributed by atoms with van der Waals surface area (Å²) >= 11 is 0. The van der Waals surface area contributed by atoms with Crippen molar-refractivity contribution in [1.29, 1.82) is 0 Å². The van der Waals surface area contributed by atoms with Gasteiger partial charge >= 0.3 is 6.09 Å². The average molecular weight is 503 g/mol. The molecule has 4 unspecified atom stereocenters. The van der Waals surface area contributed by atoms with Crippen LogP contribution in [0.15, 0.2) is 24.3 Å². The molecule has 0 radical (unpaired) electrons. The van der Waals surface area contributed by atoms with Crippen molar-refractivity contribution in [3.05, 3.63) is 35.4 Å². The number of nitrogens with one attached hydrogen (secondary N) is 2. The molecule has 1 aliphatic rings. The van der Waals surface area contributed by atoms with Gasteiger partial charge in [0.15, 0.2) is 0 Å². The molecule has 9 heteroatoms. The first-order valence-electron chi connectivity index (χ1n) is 12.5. The van der Waals surface area contributed by atoms with E-state index in [1.165, 1.54) is 0 Å². The van der Waals surface area contributed by atoms with Crippen molar-refractivity contribution >= 4 is 23.8 Å². The molecule has 4 N–H and O–H groups in total. The smallest absolute Gasteiger partial charge is 0.408 e. The Labute approximate surface area is 214 Å². The molecule has 0 bridgehead atoms. The standard InChI is InChI=1S/C27H42N4O5/c1-16-9-11-18(12-10-16)22(23(33)30-26(3,4)5)31(20-15-17(20)2)24(34)19(13-14-21(28)32)29-25(35)36-27(6,7)8/h9-12,17,19-20,22H,13-15H2,1-8H3,(H2,28,32)(H,29,35)(H,30,33). The lowest BCUT2D eigenvalue weighted by Crippen LogP contribution is -2.55. The maximum Gasteiger partial charge on any atom is 0.408 e. The zero-order chi connectivity index (χ0) is 27.4. The molecule has 1 fully saturated rings. The fourth-order valence-electron chi connectivity index (χ4n) is 3.97. The van der Waals surface area contributed by atoms with Gasteiger partial charge in [-0.25, -0.2) is 4.79 Å². The lowest BCUT2D eigenvalue weighted by molar-refractivity contribution is -0.144. The summed E-state index contributed by atoms with van der Waals surface area (Å²) < 4.78 is 5.36. The van der Waals surface area contributed by atoms with Gasteiger partial charge < -0.3 is 26.0 Å². The lowest BCUT2D eigenvalue weighted by Gasteiger charge is -2.36. The Kier molecular flexibility index (Phi) is 9.15. The molecule has 0 aliphatic heterocycles. The third kappa shape index (κ3) is 8.84. The second-order valence-electron chi connectivity index (χ2n) is 11.8. The number of alkyl carbamates (subject to hydrolysis) is 1. The Morgan fingerprint density at radius 2 is 1.64 bits per heavy atom. The van der Waals surface area contributed by atoms with Crippen molar-refractivity contribution in [2.45, 2.75) is 104 Å². The number of ether oxygens (including phenoxy) is 1. The number of carbonyl (C=O) groups is 4. The topological polar surface area (TPSA) is 131 Å². The second kappa shape index (κ2) is 11.3. The Bertz CT molecular complexity index is 962. The highest BCUT2D eigenvalue weighted by Crippen LogP contribution is 2.41. The first-order chi connectivity index (χ1) is 16.5. The van der Waals surface area contributed by atoms with Crippen molar-refractivity contribution < 1.29 is 23.9 Å². The Hall–Kier alpha value is -3.10. The molecule has 200 valence electrons. The lowest BCUT2D eigenvalue weighted by atomic mass is 9.98. The summed E-state index contributed by atoms with van der Waals surface area (Å²) in [6.45, 7) is 14.7. The molecule has 36 heavy (non-hydrogen) atoms. The number of amides is 4. The SMILES string of the molecule is Cc1ccc(C(C(=O)NC(C)(C)C)N(C(=O)C(CCC(N)=O)NC(=O)OC(C)(C)C)C2CC2C)cc1. The summed E-state index contributed by atoms with van der Waals surface area (Å²) in [7, 11) is 0. The van der Waals surface area contributed by atoms with Crippen LogP contribution in [0, 0.1) is 12.8 Å². The van der Waals surface area contributed by atoms with Crippen LogP contribution in [0.2, 0.25) is 0 Å². The first kappa shape index (κ1) is 29.1. The normalized spacial score (nSPS) is 19.0. The van der Waals surface area contributed by atoms with Gasteiger partial charge in [0.1, 0.15) is 17.7 Å². The van der Waals surface area contributed by atoms with E-state index in [0.717, 1.165) is 12.0 Å². The van der Waals surface area contributed by atoms with Crippen molar-refractivity contribution in [2.24, 2.45) is 11.7 Å². The monoisotopic (exact) mass is 502 g/mol. The highest BCUT2D eigenvalue weighted by atomic mass is 16.6. The van der Waals surface area contributed by atoms with Crippen molar-refractivity contribution in [2.75, 3.05) is 0 Å². The van der Waals surface area contributed by atoms with E-state index in [-0.39, 0.29) is 30.7 Å². The molecule has 9 nitrogen and oxygen atoms in total. The van der Waals surface area contributed by atoms with Crippen LogP contribution in [0.5, 0.6) is 0 Å². The maximum absolute atomic E-state index is 14.1. The van der Waals surface area contributed by atoms with E-state index in [9.17, 15) is 19.2 Å². The molecule has 1 aromatic rings. The number of aryl methyl sites for hydroxylation is 1. The Balaban J connectivity index is 2.50. The highest BCUT2D eigenvalue weighted by Gasteiger charge is 2.48. The largest absolute Gasteiger partial charge is 0.444 e. The summed E-state index contributed by atoms with van der Waals surface area (Å²) in [4.78, 5) is 53.4. The molecule has 4 amide bonds. The molecule has 1 aromatic carbocycles. The van der Waals surface area contributed by atoms with Crippen molar-refractivity contribution in [1.82, 2.24) is 15.5 Å². The molecule has 1 aliphatic carbocycles. The molecule has 4 atom stereocenters. The fourth-order valence-corrected chi connectivity index (χ4v) is 3.97. The van der Waals surface area contributed by atoms with Crippen LogP contribution in [0.4, 0.5) is 4.79 Å². The van der Waals surface area contributed by atoms with Crippen LogP contribution >= 0.6 is 0 Å². The minimum absolute atomic E-state index is 0.00742. The number of hydrogen-bond acceptors (Lipinski definition) is 5. The summed E-state index contributed by atoms with van der Waals surface area (Å²) in [6, 6.07) is 5.29. The number of carbonyl (C=O) groups excluding carboxylic acids is 4. The van der Waals surface area contributed by atoms with E-state index in [2.05, 4.69) is 10.6 Å². The fraction of sp³-hybridized carbons (Fsp3) is 0.630. The number of hydrogen-bond donors (Lipinski definition) is 3.